The first-order valence-electron chi connectivity index (χ1n) is 8.80. The van der Waals surface area contributed by atoms with Gasteiger partial charge in [0.1, 0.15) is 5.82 Å². The van der Waals surface area contributed by atoms with Crippen LogP contribution in [-0.4, -0.2) is 54.7 Å². The van der Waals surface area contributed by atoms with E-state index in [2.05, 4.69) is 27.3 Å². The van der Waals surface area contributed by atoms with E-state index in [0.29, 0.717) is 24.6 Å². The molecule has 26 heavy (non-hydrogen) atoms. The Kier molecular flexibility index (Phi) is 4.24. The topological polar surface area (TPSA) is 88.8 Å². The molecule has 1 N–H and O–H groups in total. The van der Waals surface area contributed by atoms with Crippen LogP contribution in [0.15, 0.2) is 30.7 Å². The smallest absolute Gasteiger partial charge is 0.224 e. The first-order valence-corrected chi connectivity index (χ1v) is 8.80. The quantitative estimate of drug-likeness (QED) is 0.755. The first kappa shape index (κ1) is 16.4. The van der Waals surface area contributed by atoms with E-state index < -0.39 is 0 Å². The first-order chi connectivity index (χ1) is 12.7. The van der Waals surface area contributed by atoms with Gasteiger partial charge in [-0.25, -0.2) is 9.97 Å². The van der Waals surface area contributed by atoms with Crippen LogP contribution in [0.3, 0.4) is 0 Å². The lowest BCUT2D eigenvalue weighted by molar-refractivity contribution is -0.127. The zero-order chi connectivity index (χ0) is 18.1. The van der Waals surface area contributed by atoms with Gasteiger partial charge in [0.05, 0.1) is 17.6 Å². The number of rotatable bonds is 5. The minimum Gasteiger partial charge on any atom is -0.364 e. The van der Waals surface area contributed by atoms with Gasteiger partial charge in [-0.15, -0.1) is 0 Å². The second-order valence-electron chi connectivity index (χ2n) is 6.53. The summed E-state index contributed by atoms with van der Waals surface area (Å²) in [5.41, 5.74) is 1.59. The van der Waals surface area contributed by atoms with Crippen molar-refractivity contribution in [3.8, 4) is 11.4 Å². The summed E-state index contributed by atoms with van der Waals surface area (Å²) in [4.78, 5) is 27.5. The zero-order valence-electron chi connectivity index (χ0n) is 14.9. The average Bonchev–Trinajstić information content (AvgIpc) is 3.19. The van der Waals surface area contributed by atoms with Gasteiger partial charge in [-0.2, -0.15) is 5.10 Å². The van der Waals surface area contributed by atoms with Gasteiger partial charge in [-0.05, 0) is 18.6 Å². The Labute approximate surface area is 151 Å². The summed E-state index contributed by atoms with van der Waals surface area (Å²) in [7, 11) is 1.86. The van der Waals surface area contributed by atoms with Gasteiger partial charge in [-0.1, -0.05) is 6.92 Å². The van der Waals surface area contributed by atoms with Gasteiger partial charge in [-0.3, -0.25) is 14.5 Å². The lowest BCUT2D eigenvalue weighted by Gasteiger charge is -2.17. The van der Waals surface area contributed by atoms with E-state index >= 15 is 0 Å². The number of hydrogen-bond donors (Lipinski definition) is 1. The number of likely N-dealkylation sites (tertiary alicyclic amines) is 1. The maximum atomic E-state index is 12.1. The molecule has 4 heterocycles. The van der Waals surface area contributed by atoms with Crippen LogP contribution >= 0.6 is 0 Å². The molecule has 1 amide bonds. The van der Waals surface area contributed by atoms with Crippen LogP contribution in [0.4, 0.5) is 5.82 Å². The number of carbonyl (C=O) groups is 1. The van der Waals surface area contributed by atoms with Crippen molar-refractivity contribution in [1.29, 1.82) is 0 Å². The summed E-state index contributed by atoms with van der Waals surface area (Å²) in [6, 6.07) is 3.82. The van der Waals surface area contributed by atoms with Crippen LogP contribution in [0.2, 0.25) is 0 Å². The number of aryl methyl sites for hydroxylation is 1. The second-order valence-corrected chi connectivity index (χ2v) is 6.53. The molecule has 3 aromatic rings. The van der Waals surface area contributed by atoms with Crippen LogP contribution in [0.5, 0.6) is 0 Å². The summed E-state index contributed by atoms with van der Waals surface area (Å²) >= 11 is 0. The molecule has 8 nitrogen and oxygen atoms in total. The lowest BCUT2D eigenvalue weighted by atomic mass is 10.2. The van der Waals surface area contributed by atoms with Crippen molar-refractivity contribution >= 4 is 22.8 Å². The molecule has 1 aliphatic heterocycles. The third-order valence-electron chi connectivity index (χ3n) is 4.56. The highest BCUT2D eigenvalue weighted by Gasteiger charge is 2.29. The Morgan fingerprint density at radius 2 is 2.19 bits per heavy atom. The third-order valence-corrected chi connectivity index (χ3v) is 4.56. The largest absolute Gasteiger partial charge is 0.364 e. The van der Waals surface area contributed by atoms with Gasteiger partial charge in [0.2, 0.25) is 5.91 Å². The van der Waals surface area contributed by atoms with Gasteiger partial charge in [0, 0.05) is 44.5 Å². The standard InChI is InChI=1S/C18H21N7O/c1-3-7-25-11-13(8-15(25)26)21-17-14-10-20-24(2)18(14)23-16(22-17)12-5-4-6-19-9-12/h4-6,9-10,13H,3,7-8,11H2,1-2H3,(H,21,22,23). The van der Waals surface area contributed by atoms with Gasteiger partial charge in [0.25, 0.3) is 0 Å². The monoisotopic (exact) mass is 351 g/mol. The lowest BCUT2D eigenvalue weighted by Crippen LogP contribution is -2.28. The predicted molar refractivity (Wildman–Crippen MR) is 98.4 cm³/mol. The molecule has 1 unspecified atom stereocenters. The van der Waals surface area contributed by atoms with Crippen molar-refractivity contribution in [3.05, 3.63) is 30.7 Å². The molecule has 1 atom stereocenters. The molecule has 3 aromatic heterocycles. The van der Waals surface area contributed by atoms with Crippen molar-refractivity contribution in [2.45, 2.75) is 25.8 Å². The van der Waals surface area contributed by atoms with E-state index in [4.69, 9.17) is 4.98 Å². The van der Waals surface area contributed by atoms with E-state index in [9.17, 15) is 4.79 Å². The highest BCUT2D eigenvalue weighted by Crippen LogP contribution is 2.26. The highest BCUT2D eigenvalue weighted by atomic mass is 16.2. The normalized spacial score (nSPS) is 17.2. The second kappa shape index (κ2) is 6.70. The summed E-state index contributed by atoms with van der Waals surface area (Å²) in [6.45, 7) is 3.57. The van der Waals surface area contributed by atoms with Crippen LogP contribution < -0.4 is 5.32 Å². The third kappa shape index (κ3) is 2.98. The van der Waals surface area contributed by atoms with Crippen LogP contribution in [0.25, 0.3) is 22.4 Å². The predicted octanol–water partition coefficient (Wildman–Crippen LogP) is 1.85. The van der Waals surface area contributed by atoms with E-state index in [1.165, 1.54) is 0 Å². The summed E-state index contributed by atoms with van der Waals surface area (Å²) < 4.78 is 1.73. The molecule has 0 aromatic carbocycles. The average molecular weight is 351 g/mol. The number of nitrogens with one attached hydrogen (secondary N) is 1. The minimum absolute atomic E-state index is 0.0362. The summed E-state index contributed by atoms with van der Waals surface area (Å²) in [5, 5.41) is 8.59. The maximum absolute atomic E-state index is 12.1. The Morgan fingerprint density at radius 1 is 1.31 bits per heavy atom. The molecule has 0 spiro atoms. The van der Waals surface area contributed by atoms with Gasteiger partial charge < -0.3 is 10.2 Å². The van der Waals surface area contributed by atoms with Crippen molar-refractivity contribution in [2.24, 2.45) is 7.05 Å². The van der Waals surface area contributed by atoms with Crippen LogP contribution in [0, 0.1) is 0 Å². The molecule has 0 radical (unpaired) electrons. The maximum Gasteiger partial charge on any atom is 0.224 e. The molecule has 0 bridgehead atoms. The van der Waals surface area contributed by atoms with Crippen molar-refractivity contribution in [3.63, 3.8) is 0 Å². The molecule has 1 fully saturated rings. The molecule has 1 saturated heterocycles. The fraction of sp³-hybridized carbons (Fsp3) is 0.389. The van der Waals surface area contributed by atoms with E-state index in [-0.39, 0.29) is 11.9 Å². The Morgan fingerprint density at radius 3 is 2.96 bits per heavy atom. The Balaban J connectivity index is 1.69. The van der Waals surface area contributed by atoms with Gasteiger partial charge in [0.15, 0.2) is 11.5 Å². The number of pyridine rings is 1. The molecule has 1 aliphatic rings. The van der Waals surface area contributed by atoms with Gasteiger partial charge >= 0.3 is 0 Å². The summed E-state index contributed by atoms with van der Waals surface area (Å²) in [5.74, 6) is 1.48. The molecule has 0 aliphatic carbocycles. The number of carbonyl (C=O) groups excluding carboxylic acids is 1. The molecule has 0 saturated carbocycles. The van der Waals surface area contributed by atoms with E-state index in [0.717, 1.165) is 29.6 Å². The van der Waals surface area contributed by atoms with Crippen molar-refractivity contribution in [2.75, 3.05) is 18.4 Å². The fourth-order valence-corrected chi connectivity index (χ4v) is 3.30. The number of nitrogens with zero attached hydrogens (tertiary/aromatic N) is 6. The Bertz CT molecular complexity index is 937. The van der Waals surface area contributed by atoms with E-state index in [1.807, 2.05) is 24.1 Å². The van der Waals surface area contributed by atoms with E-state index in [1.54, 1.807) is 23.3 Å². The van der Waals surface area contributed by atoms with Crippen molar-refractivity contribution in [1.82, 2.24) is 29.6 Å². The van der Waals surface area contributed by atoms with Crippen LogP contribution in [0.1, 0.15) is 19.8 Å². The molecular weight excluding hydrogens is 330 g/mol. The number of hydrogen-bond acceptors (Lipinski definition) is 6. The molecule has 4 rings (SSSR count). The minimum atomic E-state index is 0.0362. The van der Waals surface area contributed by atoms with Crippen molar-refractivity contribution < 1.29 is 4.79 Å². The summed E-state index contributed by atoms with van der Waals surface area (Å²) in [6.07, 6.45) is 6.66. The number of amides is 1. The van der Waals surface area contributed by atoms with Crippen LogP contribution in [-0.2, 0) is 11.8 Å². The molecule has 134 valence electrons. The number of fused-ring (bicyclic) bond motifs is 1. The molecule has 8 heteroatoms. The Hall–Kier alpha value is -3.03. The fourth-order valence-electron chi connectivity index (χ4n) is 3.30. The number of aromatic nitrogens is 5. The number of anilines is 1. The SMILES string of the molecule is CCCN1CC(Nc2nc(-c3cccnc3)nc3c2cnn3C)CC1=O. The zero-order valence-corrected chi connectivity index (χ0v) is 14.9. The highest BCUT2D eigenvalue weighted by molar-refractivity contribution is 5.89. The molecular formula is C18H21N7O.